The van der Waals surface area contributed by atoms with Crippen molar-refractivity contribution in [2.75, 3.05) is 7.11 Å². The molecule has 0 radical (unpaired) electrons. The molecule has 0 unspecified atom stereocenters. The number of alkyl halides is 1. The van der Waals surface area contributed by atoms with Gasteiger partial charge in [0.15, 0.2) is 0 Å². The monoisotopic (exact) mass is 308 g/mol. The van der Waals surface area contributed by atoms with Crippen LogP contribution >= 0.6 is 15.9 Å². The molecule has 0 N–H and O–H groups in total. The van der Waals surface area contributed by atoms with Gasteiger partial charge in [0.1, 0.15) is 11.6 Å². The van der Waals surface area contributed by atoms with Gasteiger partial charge >= 0.3 is 0 Å². The molecule has 0 fully saturated rings. The van der Waals surface area contributed by atoms with Crippen LogP contribution in [0.25, 0.3) is 11.1 Å². The normalized spacial score (nSPS) is 10.4. The van der Waals surface area contributed by atoms with Crippen LogP contribution in [0.5, 0.6) is 5.75 Å². The van der Waals surface area contributed by atoms with Crippen LogP contribution in [0, 0.1) is 12.7 Å². The average molecular weight is 309 g/mol. The second kappa shape index (κ2) is 5.53. The molecule has 2 aromatic carbocycles. The van der Waals surface area contributed by atoms with E-state index in [1.807, 2.05) is 24.3 Å². The van der Waals surface area contributed by atoms with E-state index in [-0.39, 0.29) is 5.82 Å². The summed E-state index contributed by atoms with van der Waals surface area (Å²) >= 11 is 3.39. The molecule has 0 heterocycles. The fourth-order valence-electron chi connectivity index (χ4n) is 1.84. The van der Waals surface area contributed by atoms with Crippen LogP contribution in [0.4, 0.5) is 4.39 Å². The Morgan fingerprint density at radius 3 is 2.39 bits per heavy atom. The Bertz CT molecular complexity index is 549. The van der Waals surface area contributed by atoms with Gasteiger partial charge < -0.3 is 4.74 Å². The summed E-state index contributed by atoms with van der Waals surface area (Å²) < 4.78 is 19.3. The lowest BCUT2D eigenvalue weighted by atomic mass is 10.0. The molecular formula is C15H14BrFO. The summed E-state index contributed by atoms with van der Waals surface area (Å²) in [5.41, 5.74) is 3.19. The minimum absolute atomic E-state index is 0.192. The molecule has 0 spiro atoms. The van der Waals surface area contributed by atoms with Gasteiger partial charge in [-0.05, 0) is 35.7 Å². The van der Waals surface area contributed by atoms with Crippen LogP contribution in [-0.4, -0.2) is 7.11 Å². The molecule has 0 saturated heterocycles. The molecule has 1 nitrogen and oxygen atoms in total. The van der Waals surface area contributed by atoms with Gasteiger partial charge in [0.25, 0.3) is 0 Å². The standard InChI is InChI=1S/C15H14BrFO/c1-10-7-13(18-2)8-14(15(10)17)12-5-3-11(9-16)4-6-12/h3-8H,9H2,1-2H3. The number of hydrogen-bond acceptors (Lipinski definition) is 1. The van der Waals surface area contributed by atoms with Gasteiger partial charge in [-0.15, -0.1) is 0 Å². The van der Waals surface area contributed by atoms with Crippen molar-refractivity contribution in [3.8, 4) is 16.9 Å². The summed E-state index contributed by atoms with van der Waals surface area (Å²) in [7, 11) is 1.59. The number of aryl methyl sites for hydroxylation is 1. The molecule has 0 bridgehead atoms. The van der Waals surface area contributed by atoms with E-state index in [2.05, 4.69) is 15.9 Å². The van der Waals surface area contributed by atoms with E-state index >= 15 is 0 Å². The third kappa shape index (κ3) is 2.56. The van der Waals surface area contributed by atoms with Gasteiger partial charge in [0, 0.05) is 10.9 Å². The van der Waals surface area contributed by atoms with E-state index in [0.29, 0.717) is 16.9 Å². The maximum Gasteiger partial charge on any atom is 0.134 e. The summed E-state index contributed by atoms with van der Waals surface area (Å²) in [6.07, 6.45) is 0. The number of hydrogen-bond donors (Lipinski definition) is 0. The summed E-state index contributed by atoms with van der Waals surface area (Å²) in [6, 6.07) is 11.2. The number of ether oxygens (including phenoxy) is 1. The largest absolute Gasteiger partial charge is 0.497 e. The molecule has 2 rings (SSSR count). The molecule has 0 amide bonds. The smallest absolute Gasteiger partial charge is 0.134 e. The molecule has 3 heteroatoms. The van der Waals surface area contributed by atoms with Crippen molar-refractivity contribution in [2.45, 2.75) is 12.3 Å². The predicted molar refractivity (Wildman–Crippen MR) is 75.8 cm³/mol. The maximum atomic E-state index is 14.1. The first-order chi connectivity index (χ1) is 8.65. The van der Waals surface area contributed by atoms with E-state index in [1.165, 1.54) is 5.56 Å². The Labute approximate surface area is 115 Å². The minimum atomic E-state index is -0.192. The summed E-state index contributed by atoms with van der Waals surface area (Å²) in [5.74, 6) is 0.482. The molecule has 18 heavy (non-hydrogen) atoms. The lowest BCUT2D eigenvalue weighted by molar-refractivity contribution is 0.413. The van der Waals surface area contributed by atoms with E-state index < -0.39 is 0 Å². The summed E-state index contributed by atoms with van der Waals surface area (Å²) in [5, 5.41) is 0.799. The van der Waals surface area contributed by atoms with Crippen molar-refractivity contribution in [2.24, 2.45) is 0 Å². The van der Waals surface area contributed by atoms with Gasteiger partial charge in [-0.2, -0.15) is 0 Å². The summed E-state index contributed by atoms with van der Waals surface area (Å²) in [4.78, 5) is 0. The molecule has 94 valence electrons. The minimum Gasteiger partial charge on any atom is -0.497 e. The van der Waals surface area contributed by atoms with E-state index in [1.54, 1.807) is 26.2 Å². The van der Waals surface area contributed by atoms with Crippen LogP contribution in [0.15, 0.2) is 36.4 Å². The lowest BCUT2D eigenvalue weighted by Crippen LogP contribution is -1.92. The van der Waals surface area contributed by atoms with Crippen LogP contribution in [0.2, 0.25) is 0 Å². The second-order valence-electron chi connectivity index (χ2n) is 4.14. The third-order valence-electron chi connectivity index (χ3n) is 2.88. The van der Waals surface area contributed by atoms with Crippen molar-refractivity contribution < 1.29 is 9.13 Å². The first kappa shape index (κ1) is 13.1. The maximum absolute atomic E-state index is 14.1. The zero-order chi connectivity index (χ0) is 13.1. The lowest BCUT2D eigenvalue weighted by Gasteiger charge is -2.09. The highest BCUT2D eigenvalue weighted by atomic mass is 79.9. The first-order valence-corrected chi connectivity index (χ1v) is 6.77. The third-order valence-corrected chi connectivity index (χ3v) is 3.53. The van der Waals surface area contributed by atoms with E-state index in [9.17, 15) is 4.39 Å². The summed E-state index contributed by atoms with van der Waals surface area (Å²) in [6.45, 7) is 1.74. The van der Waals surface area contributed by atoms with Gasteiger partial charge in [0.05, 0.1) is 7.11 Å². The van der Waals surface area contributed by atoms with Crippen molar-refractivity contribution in [3.63, 3.8) is 0 Å². The molecule has 0 aliphatic heterocycles. The Morgan fingerprint density at radius 2 is 1.83 bits per heavy atom. The molecule has 0 atom stereocenters. The highest BCUT2D eigenvalue weighted by Crippen LogP contribution is 2.29. The molecule has 0 aromatic heterocycles. The van der Waals surface area contributed by atoms with E-state index in [0.717, 1.165) is 10.9 Å². The fourth-order valence-corrected chi connectivity index (χ4v) is 2.21. The Balaban J connectivity index is 2.51. The predicted octanol–water partition coefficient (Wildman–Crippen LogP) is 4.70. The first-order valence-electron chi connectivity index (χ1n) is 5.65. The Kier molecular flexibility index (Phi) is 4.02. The van der Waals surface area contributed by atoms with Crippen LogP contribution in [-0.2, 0) is 5.33 Å². The van der Waals surface area contributed by atoms with E-state index in [4.69, 9.17) is 4.74 Å². The molecule has 0 saturated carbocycles. The highest BCUT2D eigenvalue weighted by Gasteiger charge is 2.10. The second-order valence-corrected chi connectivity index (χ2v) is 4.70. The molecule has 0 aliphatic carbocycles. The van der Waals surface area contributed by atoms with Gasteiger partial charge in [-0.25, -0.2) is 4.39 Å². The zero-order valence-corrected chi connectivity index (χ0v) is 11.9. The fraction of sp³-hybridized carbons (Fsp3) is 0.200. The van der Waals surface area contributed by atoms with Crippen LogP contribution in [0.3, 0.4) is 0 Å². The topological polar surface area (TPSA) is 9.23 Å². The number of halogens is 2. The average Bonchev–Trinajstić information content (AvgIpc) is 2.42. The number of benzene rings is 2. The molecular weight excluding hydrogens is 295 g/mol. The highest BCUT2D eigenvalue weighted by molar-refractivity contribution is 9.08. The van der Waals surface area contributed by atoms with Gasteiger partial charge in [0.2, 0.25) is 0 Å². The quantitative estimate of drug-likeness (QED) is 0.746. The Hall–Kier alpha value is -1.35. The van der Waals surface area contributed by atoms with Gasteiger partial charge in [-0.3, -0.25) is 0 Å². The number of rotatable bonds is 3. The van der Waals surface area contributed by atoms with Crippen LogP contribution < -0.4 is 4.74 Å². The van der Waals surface area contributed by atoms with Gasteiger partial charge in [-0.1, -0.05) is 40.2 Å². The van der Waals surface area contributed by atoms with Crippen molar-refractivity contribution in [1.82, 2.24) is 0 Å². The molecule has 0 aliphatic rings. The Morgan fingerprint density at radius 1 is 1.17 bits per heavy atom. The zero-order valence-electron chi connectivity index (χ0n) is 10.3. The van der Waals surface area contributed by atoms with Crippen molar-refractivity contribution >= 4 is 15.9 Å². The van der Waals surface area contributed by atoms with Crippen molar-refractivity contribution in [1.29, 1.82) is 0 Å². The SMILES string of the molecule is COc1cc(C)c(F)c(-c2ccc(CBr)cc2)c1. The number of methoxy groups -OCH3 is 1. The van der Waals surface area contributed by atoms with Crippen LogP contribution in [0.1, 0.15) is 11.1 Å². The molecule has 2 aromatic rings. The van der Waals surface area contributed by atoms with Crippen molar-refractivity contribution in [3.05, 3.63) is 53.3 Å².